The Bertz CT molecular complexity index is 206. The maximum atomic E-state index is 11.2. The summed E-state index contributed by atoms with van der Waals surface area (Å²) in [6, 6.07) is 1.92. The summed E-state index contributed by atoms with van der Waals surface area (Å²) in [4.78, 5) is 11.2. The van der Waals surface area contributed by atoms with E-state index in [1.54, 1.807) is 6.92 Å². The molecule has 0 bridgehead atoms. The zero-order chi connectivity index (χ0) is 8.97. The van der Waals surface area contributed by atoms with Gasteiger partial charge >= 0.3 is 0 Å². The number of hydrogen-bond acceptors (Lipinski definition) is 3. The molecule has 0 aliphatic carbocycles. The van der Waals surface area contributed by atoms with Crippen LogP contribution in [0.1, 0.15) is 19.8 Å². The van der Waals surface area contributed by atoms with Crippen LogP contribution < -0.4 is 5.32 Å². The van der Waals surface area contributed by atoms with Gasteiger partial charge in [-0.05, 0) is 6.92 Å². The molecule has 0 saturated carbocycles. The molecule has 4 nitrogen and oxygen atoms in total. The van der Waals surface area contributed by atoms with E-state index in [4.69, 9.17) is 10.00 Å². The lowest BCUT2D eigenvalue weighted by molar-refractivity contribution is -0.145. The summed E-state index contributed by atoms with van der Waals surface area (Å²) in [6.45, 7) is 2.48. The lowest BCUT2D eigenvalue weighted by Gasteiger charge is -2.26. The number of hydrogen-bond donors (Lipinski definition) is 1. The molecule has 1 rings (SSSR count). The number of carbonyl (C=O) groups is 1. The number of nitrogens with one attached hydrogen (secondary N) is 1. The van der Waals surface area contributed by atoms with Crippen molar-refractivity contribution >= 4 is 5.91 Å². The first-order valence-corrected chi connectivity index (χ1v) is 4.03. The van der Waals surface area contributed by atoms with Gasteiger partial charge in [0.1, 0.15) is 6.10 Å². The molecule has 2 unspecified atom stereocenters. The molecule has 1 N–H and O–H groups in total. The summed E-state index contributed by atoms with van der Waals surface area (Å²) in [6.07, 6.45) is 0.870. The summed E-state index contributed by atoms with van der Waals surface area (Å²) < 4.78 is 4.98. The summed E-state index contributed by atoms with van der Waals surface area (Å²) in [5.74, 6) is -0.0935. The number of amides is 1. The molecule has 0 aromatic carbocycles. The van der Waals surface area contributed by atoms with Gasteiger partial charge in [-0.3, -0.25) is 4.79 Å². The van der Waals surface area contributed by atoms with Crippen LogP contribution in [0.25, 0.3) is 0 Å². The van der Waals surface area contributed by atoms with Crippen LogP contribution in [0, 0.1) is 11.3 Å². The number of nitrogens with zero attached hydrogens (tertiary/aromatic N) is 1. The number of rotatable bonds is 3. The molecule has 4 heteroatoms. The second-order valence-electron chi connectivity index (χ2n) is 2.92. The topological polar surface area (TPSA) is 62.1 Å². The molecule has 1 aliphatic heterocycles. The Morgan fingerprint density at radius 3 is 3.00 bits per heavy atom. The molecule has 0 aromatic rings. The predicted molar refractivity (Wildman–Crippen MR) is 42.2 cm³/mol. The van der Waals surface area contributed by atoms with E-state index in [1.165, 1.54) is 0 Å². The minimum atomic E-state index is -0.272. The minimum absolute atomic E-state index is 0.0771. The van der Waals surface area contributed by atoms with Crippen LogP contribution in [0.4, 0.5) is 0 Å². The zero-order valence-corrected chi connectivity index (χ0v) is 7.04. The highest BCUT2D eigenvalue weighted by atomic mass is 16.5. The van der Waals surface area contributed by atoms with Gasteiger partial charge in [0.15, 0.2) is 0 Å². The second kappa shape index (κ2) is 4.07. The fourth-order valence-electron chi connectivity index (χ4n) is 0.966. The van der Waals surface area contributed by atoms with Crippen molar-refractivity contribution in [3.63, 3.8) is 0 Å². The Hall–Kier alpha value is -1.08. The number of carbonyl (C=O) groups excluding carboxylic acids is 1. The van der Waals surface area contributed by atoms with Crippen molar-refractivity contribution in [3.05, 3.63) is 0 Å². The van der Waals surface area contributed by atoms with Gasteiger partial charge in [-0.15, -0.1) is 0 Å². The third kappa shape index (κ3) is 2.21. The maximum Gasteiger partial charge on any atom is 0.249 e. The fourth-order valence-corrected chi connectivity index (χ4v) is 0.966. The van der Waals surface area contributed by atoms with Crippen LogP contribution in [-0.4, -0.2) is 24.7 Å². The molecular formula is C8H12N2O2. The summed E-state index contributed by atoms with van der Waals surface area (Å²) in [7, 11) is 0. The van der Waals surface area contributed by atoms with Gasteiger partial charge in [0.05, 0.1) is 19.1 Å². The van der Waals surface area contributed by atoms with E-state index < -0.39 is 0 Å². The summed E-state index contributed by atoms with van der Waals surface area (Å²) >= 11 is 0. The molecule has 0 aromatic heterocycles. The van der Waals surface area contributed by atoms with Crippen molar-refractivity contribution in [3.8, 4) is 6.07 Å². The van der Waals surface area contributed by atoms with Crippen LogP contribution in [0.15, 0.2) is 0 Å². The monoisotopic (exact) mass is 168 g/mol. The van der Waals surface area contributed by atoms with Gasteiger partial charge in [0.2, 0.25) is 5.91 Å². The average Bonchev–Trinajstić information content (AvgIpc) is 1.82. The Kier molecular flexibility index (Phi) is 3.06. The van der Waals surface area contributed by atoms with E-state index in [2.05, 4.69) is 5.32 Å². The molecular weight excluding hydrogens is 156 g/mol. The number of ether oxygens (including phenoxy) is 1. The first kappa shape index (κ1) is 9.01. The van der Waals surface area contributed by atoms with Crippen molar-refractivity contribution in [2.75, 3.05) is 6.61 Å². The minimum Gasteiger partial charge on any atom is -0.368 e. The van der Waals surface area contributed by atoms with Crippen LogP contribution in [0.3, 0.4) is 0 Å². The van der Waals surface area contributed by atoms with E-state index in [9.17, 15) is 4.79 Å². The normalized spacial score (nSPS) is 23.5. The highest BCUT2D eigenvalue weighted by Crippen LogP contribution is 2.10. The molecule has 0 radical (unpaired) electrons. The van der Waals surface area contributed by atoms with Gasteiger partial charge < -0.3 is 10.1 Å². The van der Waals surface area contributed by atoms with Gasteiger partial charge in [0.25, 0.3) is 0 Å². The van der Waals surface area contributed by atoms with Crippen molar-refractivity contribution in [1.82, 2.24) is 5.32 Å². The smallest absolute Gasteiger partial charge is 0.249 e. The van der Waals surface area contributed by atoms with Crippen molar-refractivity contribution < 1.29 is 9.53 Å². The van der Waals surface area contributed by atoms with E-state index in [0.717, 1.165) is 6.42 Å². The number of nitriles is 1. The quantitative estimate of drug-likeness (QED) is 0.654. The van der Waals surface area contributed by atoms with Crippen LogP contribution >= 0.6 is 0 Å². The van der Waals surface area contributed by atoms with Crippen LogP contribution in [-0.2, 0) is 9.53 Å². The Morgan fingerprint density at radius 2 is 2.58 bits per heavy atom. The first-order chi connectivity index (χ1) is 5.74. The van der Waals surface area contributed by atoms with Gasteiger partial charge in [-0.2, -0.15) is 5.26 Å². The summed E-state index contributed by atoms with van der Waals surface area (Å²) in [5.41, 5.74) is 0. The molecule has 2 atom stereocenters. The zero-order valence-electron chi connectivity index (χ0n) is 7.04. The van der Waals surface area contributed by atoms with Crippen LogP contribution in [0.2, 0.25) is 0 Å². The van der Waals surface area contributed by atoms with Gasteiger partial charge in [-0.1, -0.05) is 0 Å². The molecule has 1 heterocycles. The van der Waals surface area contributed by atoms with E-state index in [1.807, 2.05) is 6.07 Å². The molecule has 0 spiro atoms. The summed E-state index contributed by atoms with van der Waals surface area (Å²) in [5, 5.41) is 11.0. The first-order valence-electron chi connectivity index (χ1n) is 4.03. The van der Waals surface area contributed by atoms with Crippen molar-refractivity contribution in [1.29, 1.82) is 5.26 Å². The van der Waals surface area contributed by atoms with E-state index in [0.29, 0.717) is 13.0 Å². The largest absolute Gasteiger partial charge is 0.368 e. The molecule has 66 valence electrons. The lowest BCUT2D eigenvalue weighted by Crippen LogP contribution is -2.46. The average molecular weight is 168 g/mol. The molecule has 12 heavy (non-hydrogen) atoms. The maximum absolute atomic E-state index is 11.2. The van der Waals surface area contributed by atoms with Gasteiger partial charge in [-0.25, -0.2) is 0 Å². The van der Waals surface area contributed by atoms with E-state index >= 15 is 0 Å². The standard InChI is InChI=1S/C8H12N2O2/c1-6(2-4-9)10-8(11)7-3-5-12-7/h6-7H,2-3,5H2,1H3,(H,10,11). The molecule has 1 aliphatic rings. The molecule has 1 saturated heterocycles. The van der Waals surface area contributed by atoms with Crippen LogP contribution in [0.5, 0.6) is 0 Å². The SMILES string of the molecule is CC(CC#N)NC(=O)C1CCO1. The Morgan fingerprint density at radius 1 is 1.92 bits per heavy atom. The molecule has 1 fully saturated rings. The third-order valence-electron chi connectivity index (χ3n) is 1.78. The third-order valence-corrected chi connectivity index (χ3v) is 1.78. The Labute approximate surface area is 71.5 Å². The van der Waals surface area contributed by atoms with Crippen molar-refractivity contribution in [2.45, 2.75) is 31.9 Å². The van der Waals surface area contributed by atoms with Crippen molar-refractivity contribution in [2.24, 2.45) is 0 Å². The Balaban J connectivity index is 2.21. The second-order valence-corrected chi connectivity index (χ2v) is 2.92. The van der Waals surface area contributed by atoms with E-state index in [-0.39, 0.29) is 18.1 Å². The highest BCUT2D eigenvalue weighted by molar-refractivity contribution is 5.81. The molecule has 1 amide bonds. The fraction of sp³-hybridized carbons (Fsp3) is 0.750. The predicted octanol–water partition coefficient (Wildman–Crippen LogP) is 0.194. The lowest BCUT2D eigenvalue weighted by atomic mass is 10.1. The van der Waals surface area contributed by atoms with Gasteiger partial charge in [0, 0.05) is 12.5 Å². The highest BCUT2D eigenvalue weighted by Gasteiger charge is 2.26.